The molecule has 0 spiro atoms. The van der Waals surface area contributed by atoms with Crippen molar-refractivity contribution >= 4 is 33.0 Å². The van der Waals surface area contributed by atoms with E-state index in [0.29, 0.717) is 5.82 Å². The molecule has 0 saturated heterocycles. The molecule has 0 aliphatic rings. The Morgan fingerprint density at radius 2 is 1.20 bits per heavy atom. The van der Waals surface area contributed by atoms with Crippen LogP contribution < -0.4 is 0 Å². The number of para-hydroxylation sites is 3. The molecule has 6 nitrogen and oxygen atoms in total. The van der Waals surface area contributed by atoms with Crippen molar-refractivity contribution < 1.29 is 28.9 Å². The van der Waals surface area contributed by atoms with E-state index in [1.165, 1.54) is 39.9 Å². The molecule has 0 bridgehead atoms. The van der Waals surface area contributed by atoms with Crippen LogP contribution in [0.4, 0.5) is 4.39 Å². The van der Waals surface area contributed by atoms with Gasteiger partial charge in [0.25, 0.3) is 0 Å². The molecule has 4 aromatic heterocycles. The predicted octanol–water partition coefficient (Wildman–Crippen LogP) is 15.4. The average molecular weight is 1070 g/mol. The Morgan fingerprint density at radius 1 is 0.536 bits per heavy atom. The first-order valence-electron chi connectivity index (χ1n) is 22.4. The van der Waals surface area contributed by atoms with E-state index in [9.17, 15) is 4.39 Å². The Balaban J connectivity index is 0.000000172. The van der Waals surface area contributed by atoms with E-state index in [0.717, 1.165) is 89.3 Å². The number of fused-ring (bicyclic) bond motifs is 4. The molecule has 8 aromatic carbocycles. The second-order valence-corrected chi connectivity index (χ2v) is 16.8. The van der Waals surface area contributed by atoms with E-state index >= 15 is 0 Å². The molecular formula is C61H42FIrN5O-2. The van der Waals surface area contributed by atoms with Crippen molar-refractivity contribution in [3.8, 4) is 78.8 Å². The SMILES string of the molecule is Cc1cc(-c2ccccc2)cc(C)c1-c1ccnc(-c2[c-]cc(F)cc2)c1.Cn1c(-c2[c-]ccc3c2oc2c(-c4cc(-c5ccccc5)nc(-c5ccccc5)n4)cccc23)nc2ccccc21.[Ir]. The molecule has 8 heteroatoms. The number of halogens is 1. The molecule has 0 unspecified atom stereocenters. The maximum atomic E-state index is 13.2. The number of benzene rings is 8. The fourth-order valence-electron chi connectivity index (χ4n) is 9.07. The van der Waals surface area contributed by atoms with E-state index in [1.54, 1.807) is 12.3 Å². The Labute approximate surface area is 413 Å². The summed E-state index contributed by atoms with van der Waals surface area (Å²) >= 11 is 0. The third-order valence-corrected chi connectivity index (χ3v) is 12.3. The molecular weight excluding hydrogens is 1030 g/mol. The summed E-state index contributed by atoms with van der Waals surface area (Å²) in [4.78, 5) is 19.4. The molecule has 12 rings (SSSR count). The number of pyridine rings is 1. The Hall–Kier alpha value is -8.16. The van der Waals surface area contributed by atoms with Crippen LogP contribution in [-0.4, -0.2) is 24.5 Å². The van der Waals surface area contributed by atoms with Gasteiger partial charge in [-0.25, -0.2) is 9.97 Å². The molecule has 0 aliphatic carbocycles. The zero-order chi connectivity index (χ0) is 46.1. The smallest absolute Gasteiger partial charge is 0.160 e. The molecule has 0 saturated carbocycles. The van der Waals surface area contributed by atoms with Crippen LogP contribution in [0.15, 0.2) is 205 Å². The standard InChI is InChI=1S/C36H23N4O.C25H19FN.Ir/c1-40-32-21-9-8-20-29(32)39-36(40)28-19-11-17-26-25-16-10-18-27(33(25)41-34(26)28)31-22-30(23-12-4-2-5-13-23)37-35(38-31)24-14-6-3-7-15-24;1-17-14-22(19-6-4-3-5-7-19)15-18(2)25(17)21-12-13-27-24(16-21)20-8-10-23(26)11-9-20;/h2-18,20-22H,1H3;3-8,10-16H,1-2H3;/q2*-1;. The number of aromatic nitrogens is 5. The number of imidazole rings is 1. The molecule has 4 heterocycles. The van der Waals surface area contributed by atoms with Gasteiger partial charge in [-0.3, -0.25) is 9.37 Å². The minimum Gasteiger partial charge on any atom is -0.500 e. The normalized spacial score (nSPS) is 11.1. The first-order valence-corrected chi connectivity index (χ1v) is 22.4. The molecule has 69 heavy (non-hydrogen) atoms. The monoisotopic (exact) mass is 1070 g/mol. The molecule has 0 amide bonds. The summed E-state index contributed by atoms with van der Waals surface area (Å²) in [6.07, 6.45) is 1.80. The number of furan rings is 1. The van der Waals surface area contributed by atoms with Crippen LogP contribution >= 0.6 is 0 Å². The van der Waals surface area contributed by atoms with Gasteiger partial charge in [0.05, 0.1) is 33.8 Å². The maximum absolute atomic E-state index is 13.2. The summed E-state index contributed by atoms with van der Waals surface area (Å²) in [5.41, 5.74) is 17.7. The predicted molar refractivity (Wildman–Crippen MR) is 273 cm³/mol. The molecule has 0 atom stereocenters. The average Bonchev–Trinajstić information content (AvgIpc) is 3.95. The summed E-state index contributed by atoms with van der Waals surface area (Å²) in [7, 11) is 2.03. The summed E-state index contributed by atoms with van der Waals surface area (Å²) < 4.78 is 22.0. The van der Waals surface area contributed by atoms with Gasteiger partial charge in [0, 0.05) is 61.2 Å². The second-order valence-electron chi connectivity index (χ2n) is 16.8. The summed E-state index contributed by atoms with van der Waals surface area (Å²) in [5.74, 6) is 1.19. The fourth-order valence-corrected chi connectivity index (χ4v) is 9.07. The number of hydrogen-bond donors (Lipinski definition) is 0. The quantitative estimate of drug-likeness (QED) is 0.149. The fraction of sp³-hybridized carbons (Fsp3) is 0.0492. The van der Waals surface area contributed by atoms with E-state index in [1.807, 2.05) is 104 Å². The van der Waals surface area contributed by atoms with Gasteiger partial charge in [0.1, 0.15) is 5.58 Å². The van der Waals surface area contributed by atoms with Crippen molar-refractivity contribution in [2.75, 3.05) is 0 Å². The Bertz CT molecular complexity index is 3700. The van der Waals surface area contributed by atoms with Crippen molar-refractivity contribution in [2.45, 2.75) is 13.8 Å². The van der Waals surface area contributed by atoms with E-state index in [2.05, 4.69) is 114 Å². The van der Waals surface area contributed by atoms with Crippen LogP contribution in [0.1, 0.15) is 11.1 Å². The van der Waals surface area contributed by atoms with Gasteiger partial charge in [-0.1, -0.05) is 144 Å². The van der Waals surface area contributed by atoms with Crippen molar-refractivity contribution in [1.29, 1.82) is 0 Å². The third kappa shape index (κ3) is 8.80. The van der Waals surface area contributed by atoms with Crippen LogP contribution in [0.3, 0.4) is 0 Å². The van der Waals surface area contributed by atoms with Crippen molar-refractivity contribution in [3.05, 3.63) is 229 Å². The van der Waals surface area contributed by atoms with Gasteiger partial charge in [-0.05, 0) is 83.3 Å². The van der Waals surface area contributed by atoms with Crippen LogP contribution in [0, 0.1) is 31.8 Å². The molecule has 12 aromatic rings. The van der Waals surface area contributed by atoms with Crippen LogP contribution in [0.25, 0.3) is 112 Å². The van der Waals surface area contributed by atoms with Gasteiger partial charge in [0.15, 0.2) is 5.82 Å². The summed E-state index contributed by atoms with van der Waals surface area (Å²) in [6.45, 7) is 4.28. The minimum atomic E-state index is -0.293. The molecule has 335 valence electrons. The Morgan fingerprint density at radius 3 is 1.91 bits per heavy atom. The molecule has 1 radical (unpaired) electrons. The van der Waals surface area contributed by atoms with Crippen molar-refractivity contribution in [2.24, 2.45) is 7.05 Å². The zero-order valence-electron chi connectivity index (χ0n) is 37.9. The van der Waals surface area contributed by atoms with Crippen molar-refractivity contribution in [3.63, 3.8) is 0 Å². The minimum absolute atomic E-state index is 0. The van der Waals surface area contributed by atoms with E-state index in [-0.39, 0.29) is 25.9 Å². The van der Waals surface area contributed by atoms with E-state index in [4.69, 9.17) is 19.4 Å². The third-order valence-electron chi connectivity index (χ3n) is 12.3. The van der Waals surface area contributed by atoms with Crippen LogP contribution in [0.2, 0.25) is 0 Å². The topological polar surface area (TPSA) is 69.6 Å². The molecule has 0 fully saturated rings. The number of rotatable bonds is 7. The first-order chi connectivity index (χ1) is 33.4. The van der Waals surface area contributed by atoms with Gasteiger partial charge in [-0.2, -0.15) is 0 Å². The summed E-state index contributed by atoms with van der Waals surface area (Å²) in [6, 6.07) is 70.5. The number of hydrogen-bond acceptors (Lipinski definition) is 5. The zero-order valence-corrected chi connectivity index (χ0v) is 40.3. The van der Waals surface area contributed by atoms with Gasteiger partial charge >= 0.3 is 0 Å². The molecule has 0 N–H and O–H groups in total. The van der Waals surface area contributed by atoms with Gasteiger partial charge in [-0.15, -0.1) is 48.0 Å². The van der Waals surface area contributed by atoms with Crippen LogP contribution in [0.5, 0.6) is 0 Å². The maximum Gasteiger partial charge on any atom is 0.160 e. The number of aryl methyl sites for hydroxylation is 3. The van der Waals surface area contributed by atoms with Gasteiger partial charge < -0.3 is 14.0 Å². The van der Waals surface area contributed by atoms with E-state index < -0.39 is 0 Å². The molecule has 0 aliphatic heterocycles. The summed E-state index contributed by atoms with van der Waals surface area (Å²) in [5, 5.41) is 2.04. The number of nitrogens with zero attached hydrogens (tertiary/aromatic N) is 5. The second kappa shape index (κ2) is 19.2. The van der Waals surface area contributed by atoms with Crippen molar-refractivity contribution in [1.82, 2.24) is 24.5 Å². The Kier molecular flexibility index (Phi) is 12.4. The largest absolute Gasteiger partial charge is 0.500 e. The van der Waals surface area contributed by atoms with Crippen LogP contribution in [-0.2, 0) is 27.2 Å². The van der Waals surface area contributed by atoms with Gasteiger partial charge in [0.2, 0.25) is 0 Å². The first kappa shape index (κ1) is 44.7.